The highest BCUT2D eigenvalue weighted by atomic mass is 32.2. The van der Waals surface area contributed by atoms with Gasteiger partial charge in [-0.1, -0.05) is 42.5 Å². The smallest absolute Gasteiger partial charge is 0.241 e. The van der Waals surface area contributed by atoms with E-state index < -0.39 is 10.0 Å². The van der Waals surface area contributed by atoms with Crippen molar-refractivity contribution in [3.63, 3.8) is 0 Å². The lowest BCUT2D eigenvalue weighted by Gasteiger charge is -2.11. The Morgan fingerprint density at radius 3 is 2.25 bits per heavy atom. The molecule has 20 heavy (non-hydrogen) atoms. The van der Waals surface area contributed by atoms with Gasteiger partial charge in [0, 0.05) is 13.1 Å². The monoisotopic (exact) mass is 290 g/mol. The first kappa shape index (κ1) is 14.7. The highest BCUT2D eigenvalue weighted by Gasteiger charge is 2.16. The Labute approximate surface area is 119 Å². The molecule has 106 valence electrons. The number of nitrogens with two attached hydrogens (primary N) is 1. The molecule has 0 saturated carbocycles. The molecule has 0 unspecified atom stereocenters. The largest absolute Gasteiger partial charge is 0.326 e. The van der Waals surface area contributed by atoms with Crippen LogP contribution in [-0.4, -0.2) is 8.42 Å². The van der Waals surface area contributed by atoms with Gasteiger partial charge in [-0.05, 0) is 29.7 Å². The molecule has 0 atom stereocenters. The number of nitrogens with one attached hydrogen (secondary N) is 1. The number of benzene rings is 2. The van der Waals surface area contributed by atoms with Crippen LogP contribution in [0.4, 0.5) is 0 Å². The lowest BCUT2D eigenvalue weighted by Crippen LogP contribution is -2.24. The summed E-state index contributed by atoms with van der Waals surface area (Å²) in [7, 11) is -3.50. The molecule has 3 N–H and O–H groups in total. The molecule has 0 aliphatic heterocycles. The zero-order chi connectivity index (χ0) is 14.6. The number of hydrogen-bond donors (Lipinski definition) is 2. The fraction of sp³-hybridized carbons (Fsp3) is 0.200. The minimum atomic E-state index is -3.50. The first-order valence-electron chi connectivity index (χ1n) is 6.37. The topological polar surface area (TPSA) is 72.2 Å². The van der Waals surface area contributed by atoms with Crippen LogP contribution < -0.4 is 10.5 Å². The third kappa shape index (κ3) is 3.25. The summed E-state index contributed by atoms with van der Waals surface area (Å²) in [6, 6.07) is 14.5. The predicted octanol–water partition coefficient (Wildman–Crippen LogP) is 1.93. The van der Waals surface area contributed by atoms with Crippen molar-refractivity contribution in [1.29, 1.82) is 0 Å². The minimum Gasteiger partial charge on any atom is -0.326 e. The Kier molecular flexibility index (Phi) is 4.54. The fourth-order valence-electron chi connectivity index (χ4n) is 2.04. The van der Waals surface area contributed by atoms with Crippen molar-refractivity contribution >= 4 is 10.0 Å². The van der Waals surface area contributed by atoms with Gasteiger partial charge in [0.15, 0.2) is 0 Å². The average Bonchev–Trinajstić information content (AvgIpc) is 2.46. The van der Waals surface area contributed by atoms with Gasteiger partial charge in [0.2, 0.25) is 10.0 Å². The van der Waals surface area contributed by atoms with Crippen molar-refractivity contribution in [3.05, 3.63) is 65.2 Å². The van der Waals surface area contributed by atoms with E-state index in [0.29, 0.717) is 11.4 Å². The maximum atomic E-state index is 12.3. The number of hydrogen-bond acceptors (Lipinski definition) is 3. The maximum Gasteiger partial charge on any atom is 0.241 e. The van der Waals surface area contributed by atoms with Gasteiger partial charge < -0.3 is 5.73 Å². The van der Waals surface area contributed by atoms with Gasteiger partial charge >= 0.3 is 0 Å². The van der Waals surface area contributed by atoms with Crippen LogP contribution in [0.2, 0.25) is 0 Å². The van der Waals surface area contributed by atoms with Gasteiger partial charge in [0.25, 0.3) is 0 Å². The molecule has 0 radical (unpaired) electrons. The molecule has 0 heterocycles. The Bertz CT molecular complexity index is 697. The molecule has 4 nitrogen and oxygen atoms in total. The Balaban J connectivity index is 2.20. The van der Waals surface area contributed by atoms with E-state index in [1.54, 1.807) is 25.1 Å². The highest BCUT2D eigenvalue weighted by Crippen LogP contribution is 2.15. The molecule has 0 fully saturated rings. The molecule has 5 heteroatoms. The first-order chi connectivity index (χ1) is 9.54. The van der Waals surface area contributed by atoms with Crippen LogP contribution in [0.15, 0.2) is 53.4 Å². The van der Waals surface area contributed by atoms with E-state index in [-0.39, 0.29) is 6.54 Å². The molecule has 2 rings (SSSR count). The summed E-state index contributed by atoms with van der Waals surface area (Å²) < 4.78 is 27.2. The molecule has 0 aromatic heterocycles. The van der Waals surface area contributed by atoms with Crippen LogP contribution in [-0.2, 0) is 23.1 Å². The van der Waals surface area contributed by atoms with Crippen LogP contribution in [0.25, 0.3) is 0 Å². The molecule has 0 aliphatic carbocycles. The van der Waals surface area contributed by atoms with Gasteiger partial charge in [-0.2, -0.15) is 0 Å². The van der Waals surface area contributed by atoms with E-state index in [9.17, 15) is 8.42 Å². The molecule has 0 bridgehead atoms. The quantitative estimate of drug-likeness (QED) is 0.884. The normalized spacial score (nSPS) is 11.5. The fourth-order valence-corrected chi connectivity index (χ4v) is 3.29. The van der Waals surface area contributed by atoms with Crippen molar-refractivity contribution in [1.82, 2.24) is 4.72 Å². The third-order valence-electron chi connectivity index (χ3n) is 3.17. The van der Waals surface area contributed by atoms with Crippen molar-refractivity contribution in [2.24, 2.45) is 5.73 Å². The van der Waals surface area contributed by atoms with Crippen molar-refractivity contribution in [2.75, 3.05) is 0 Å². The summed E-state index contributed by atoms with van der Waals surface area (Å²) in [6.07, 6.45) is 0. The zero-order valence-electron chi connectivity index (χ0n) is 11.3. The van der Waals surface area contributed by atoms with Crippen LogP contribution in [0.1, 0.15) is 16.7 Å². The second-order valence-electron chi connectivity index (χ2n) is 4.56. The summed E-state index contributed by atoms with van der Waals surface area (Å²) in [4.78, 5) is 0.310. The maximum absolute atomic E-state index is 12.3. The SMILES string of the molecule is Cc1ccccc1S(=O)(=O)NCc1ccccc1CN. The van der Waals surface area contributed by atoms with Gasteiger partial charge in [0.1, 0.15) is 0 Å². The van der Waals surface area contributed by atoms with E-state index in [1.165, 1.54) is 0 Å². The summed E-state index contributed by atoms with van der Waals surface area (Å²) in [5.41, 5.74) is 8.22. The summed E-state index contributed by atoms with van der Waals surface area (Å²) in [5, 5.41) is 0. The number of aryl methyl sites for hydroxylation is 1. The van der Waals surface area contributed by atoms with Gasteiger partial charge in [0.05, 0.1) is 4.90 Å². The summed E-state index contributed by atoms with van der Waals surface area (Å²) in [5.74, 6) is 0. The molecule has 0 amide bonds. The van der Waals surface area contributed by atoms with E-state index in [4.69, 9.17) is 5.73 Å². The van der Waals surface area contributed by atoms with Crippen LogP contribution in [0.5, 0.6) is 0 Å². The Morgan fingerprint density at radius 1 is 1.00 bits per heavy atom. The van der Waals surface area contributed by atoms with E-state index in [1.807, 2.05) is 30.3 Å². The van der Waals surface area contributed by atoms with Crippen molar-refractivity contribution < 1.29 is 8.42 Å². The summed E-state index contributed by atoms with van der Waals surface area (Å²) in [6.45, 7) is 2.41. The second-order valence-corrected chi connectivity index (χ2v) is 6.30. The van der Waals surface area contributed by atoms with Crippen molar-refractivity contribution in [3.8, 4) is 0 Å². The number of sulfonamides is 1. The highest BCUT2D eigenvalue weighted by molar-refractivity contribution is 7.89. The molecule has 2 aromatic carbocycles. The molecular formula is C15H18N2O2S. The average molecular weight is 290 g/mol. The van der Waals surface area contributed by atoms with E-state index in [2.05, 4.69) is 4.72 Å². The number of rotatable bonds is 5. The second kappa shape index (κ2) is 6.17. The third-order valence-corrected chi connectivity index (χ3v) is 4.74. The van der Waals surface area contributed by atoms with Crippen molar-refractivity contribution in [2.45, 2.75) is 24.9 Å². The minimum absolute atomic E-state index is 0.240. The standard InChI is InChI=1S/C15H18N2O2S/c1-12-6-2-5-9-15(12)20(18,19)17-11-14-8-4-3-7-13(14)10-16/h2-9,17H,10-11,16H2,1H3. The van der Waals surface area contributed by atoms with Gasteiger partial charge in [-0.3, -0.25) is 0 Å². The van der Waals surface area contributed by atoms with E-state index >= 15 is 0 Å². The lowest BCUT2D eigenvalue weighted by molar-refractivity contribution is 0.580. The van der Waals surface area contributed by atoms with Gasteiger partial charge in [-0.15, -0.1) is 0 Å². The van der Waals surface area contributed by atoms with E-state index in [0.717, 1.165) is 16.7 Å². The predicted molar refractivity (Wildman–Crippen MR) is 79.5 cm³/mol. The van der Waals surface area contributed by atoms with Gasteiger partial charge in [-0.25, -0.2) is 13.1 Å². The first-order valence-corrected chi connectivity index (χ1v) is 7.85. The Morgan fingerprint density at radius 2 is 1.60 bits per heavy atom. The zero-order valence-corrected chi connectivity index (χ0v) is 12.2. The van der Waals surface area contributed by atoms with Crippen LogP contribution in [0.3, 0.4) is 0 Å². The molecule has 0 spiro atoms. The molecular weight excluding hydrogens is 272 g/mol. The van der Waals surface area contributed by atoms with Crippen LogP contribution in [0, 0.1) is 6.92 Å². The Hall–Kier alpha value is -1.69. The molecule has 0 saturated heterocycles. The van der Waals surface area contributed by atoms with Crippen LogP contribution >= 0.6 is 0 Å². The molecule has 2 aromatic rings. The molecule has 0 aliphatic rings. The summed E-state index contributed by atoms with van der Waals surface area (Å²) >= 11 is 0. The lowest BCUT2D eigenvalue weighted by atomic mass is 10.1.